The lowest BCUT2D eigenvalue weighted by Crippen LogP contribution is -2.18. The van der Waals surface area contributed by atoms with Gasteiger partial charge in [0.1, 0.15) is 0 Å². The highest BCUT2D eigenvalue weighted by molar-refractivity contribution is 9.09. The van der Waals surface area contributed by atoms with Crippen molar-refractivity contribution in [3.8, 4) is 0 Å². The molecule has 0 aromatic heterocycles. The van der Waals surface area contributed by atoms with Crippen molar-refractivity contribution in [3.63, 3.8) is 0 Å². The lowest BCUT2D eigenvalue weighted by atomic mass is 10.2. The van der Waals surface area contributed by atoms with Crippen molar-refractivity contribution in [3.05, 3.63) is 0 Å². The predicted molar refractivity (Wildman–Crippen MR) is 49.1 cm³/mol. The van der Waals surface area contributed by atoms with Gasteiger partial charge in [-0.05, 0) is 12.8 Å². The van der Waals surface area contributed by atoms with Crippen LogP contribution in [0.5, 0.6) is 0 Å². The van der Waals surface area contributed by atoms with E-state index in [9.17, 15) is 5.11 Å². The number of hydrogen-bond acceptors (Lipinski definition) is 3. The van der Waals surface area contributed by atoms with Crippen LogP contribution in [-0.2, 0) is 4.74 Å². The van der Waals surface area contributed by atoms with Crippen molar-refractivity contribution in [1.29, 1.82) is 0 Å². The predicted octanol–water partition coefficient (Wildman–Crippen LogP) is 0.879. The van der Waals surface area contributed by atoms with E-state index in [0.717, 1.165) is 24.6 Å². The van der Waals surface area contributed by atoms with Crippen LogP contribution in [0.3, 0.4) is 0 Å². The topological polar surface area (TPSA) is 49.7 Å². The fourth-order valence-electron chi connectivity index (χ4n) is 1.34. The van der Waals surface area contributed by atoms with Crippen LogP contribution < -0.4 is 0 Å². The summed E-state index contributed by atoms with van der Waals surface area (Å²) in [5.74, 6) is -0.633. The Morgan fingerprint density at radius 2 is 2.33 bits per heavy atom. The molecule has 1 aliphatic carbocycles. The van der Waals surface area contributed by atoms with E-state index in [0.29, 0.717) is 0 Å². The summed E-state index contributed by atoms with van der Waals surface area (Å²) in [6, 6.07) is 0. The molecule has 0 aromatic carbocycles. The van der Waals surface area contributed by atoms with Crippen LogP contribution in [0.1, 0.15) is 19.3 Å². The van der Waals surface area contributed by atoms with Crippen LogP contribution in [0.15, 0.2) is 0 Å². The van der Waals surface area contributed by atoms with E-state index in [1.54, 1.807) is 0 Å². The highest BCUT2D eigenvalue weighted by atomic mass is 79.9. The van der Waals surface area contributed by atoms with Crippen LogP contribution >= 0.6 is 15.9 Å². The van der Waals surface area contributed by atoms with E-state index in [2.05, 4.69) is 15.9 Å². The average Bonchev–Trinajstić information content (AvgIpc) is 2.71. The first-order valence-corrected chi connectivity index (χ1v) is 5.38. The molecule has 72 valence electrons. The van der Waals surface area contributed by atoms with Gasteiger partial charge in [0.2, 0.25) is 0 Å². The minimum Gasteiger partial charge on any atom is -0.394 e. The minimum absolute atomic E-state index is 0.0204. The first kappa shape index (κ1) is 10.4. The zero-order chi connectivity index (χ0) is 9.03. The van der Waals surface area contributed by atoms with E-state index in [-0.39, 0.29) is 19.1 Å². The molecule has 1 aliphatic rings. The van der Waals surface area contributed by atoms with Crippen molar-refractivity contribution in [2.75, 3.05) is 18.5 Å². The normalized spacial score (nSPS) is 33.8. The molecule has 3 nitrogen and oxygen atoms in total. The van der Waals surface area contributed by atoms with Gasteiger partial charge >= 0.3 is 0 Å². The van der Waals surface area contributed by atoms with Gasteiger partial charge in [0.05, 0.1) is 13.2 Å². The van der Waals surface area contributed by atoms with Gasteiger partial charge in [-0.15, -0.1) is 0 Å². The highest BCUT2D eigenvalue weighted by Gasteiger charge is 2.53. The number of alkyl halides is 1. The molecule has 12 heavy (non-hydrogen) atoms. The number of aliphatic hydroxyl groups is 2. The van der Waals surface area contributed by atoms with Crippen LogP contribution in [-0.4, -0.2) is 34.5 Å². The highest BCUT2D eigenvalue weighted by Crippen LogP contribution is 2.47. The summed E-state index contributed by atoms with van der Waals surface area (Å²) < 4.78 is 5.09. The maximum Gasteiger partial charge on any atom is 0.169 e. The molecule has 0 spiro atoms. The molecule has 0 bridgehead atoms. The lowest BCUT2D eigenvalue weighted by molar-refractivity contribution is -0.143. The Hall–Kier alpha value is 0.360. The third kappa shape index (κ3) is 2.69. The minimum atomic E-state index is -0.912. The Balaban J connectivity index is 2.10. The molecular weight excluding hydrogens is 224 g/mol. The summed E-state index contributed by atoms with van der Waals surface area (Å²) in [7, 11) is 0. The molecule has 0 aromatic rings. The van der Waals surface area contributed by atoms with E-state index < -0.39 is 5.79 Å². The maximum absolute atomic E-state index is 9.60. The Labute approximate surface area is 80.9 Å². The molecule has 0 saturated heterocycles. The second-order valence-electron chi connectivity index (χ2n) is 3.15. The van der Waals surface area contributed by atoms with Crippen molar-refractivity contribution in [2.24, 2.45) is 5.92 Å². The van der Waals surface area contributed by atoms with Gasteiger partial charge in [0.25, 0.3) is 0 Å². The smallest absolute Gasteiger partial charge is 0.169 e. The number of ether oxygens (including phenoxy) is 1. The third-order valence-corrected chi connectivity index (χ3v) is 2.71. The molecule has 2 atom stereocenters. The first-order chi connectivity index (χ1) is 5.73. The molecular formula is C8H15BrO3. The summed E-state index contributed by atoms with van der Waals surface area (Å²) in [5, 5.41) is 19.0. The zero-order valence-corrected chi connectivity index (χ0v) is 8.59. The Morgan fingerprint density at radius 1 is 1.58 bits per heavy atom. The summed E-state index contributed by atoms with van der Waals surface area (Å²) in [4.78, 5) is 0. The Kier molecular flexibility index (Phi) is 3.96. The molecule has 2 N–H and O–H groups in total. The summed E-state index contributed by atoms with van der Waals surface area (Å²) >= 11 is 3.33. The monoisotopic (exact) mass is 238 g/mol. The van der Waals surface area contributed by atoms with Crippen LogP contribution in [0.25, 0.3) is 0 Å². The van der Waals surface area contributed by atoms with Crippen LogP contribution in [0.4, 0.5) is 0 Å². The van der Waals surface area contributed by atoms with Crippen molar-refractivity contribution < 1.29 is 14.9 Å². The fourth-order valence-corrected chi connectivity index (χ4v) is 1.67. The number of aliphatic hydroxyl groups excluding tert-OH is 1. The van der Waals surface area contributed by atoms with Gasteiger partial charge in [0.15, 0.2) is 5.79 Å². The van der Waals surface area contributed by atoms with E-state index >= 15 is 0 Å². The van der Waals surface area contributed by atoms with Crippen molar-refractivity contribution in [1.82, 2.24) is 0 Å². The van der Waals surface area contributed by atoms with Crippen molar-refractivity contribution in [2.45, 2.75) is 25.0 Å². The molecule has 2 unspecified atom stereocenters. The van der Waals surface area contributed by atoms with Gasteiger partial charge in [-0.25, -0.2) is 0 Å². The van der Waals surface area contributed by atoms with Gasteiger partial charge in [-0.1, -0.05) is 15.9 Å². The molecule has 0 heterocycles. The molecule has 1 saturated carbocycles. The second-order valence-corrected chi connectivity index (χ2v) is 3.94. The summed E-state index contributed by atoms with van der Waals surface area (Å²) in [6.45, 7) is 0.217. The van der Waals surface area contributed by atoms with Crippen LogP contribution in [0, 0.1) is 5.92 Å². The SMILES string of the molecule is OCCOC1(O)CC1CCCBr. The standard InChI is InChI=1S/C8H15BrO3/c9-3-1-2-7-6-8(7,11)12-5-4-10/h7,10-11H,1-6H2. The van der Waals surface area contributed by atoms with Crippen molar-refractivity contribution >= 4 is 15.9 Å². The number of hydrogen-bond donors (Lipinski definition) is 2. The molecule has 1 fully saturated rings. The fraction of sp³-hybridized carbons (Fsp3) is 1.00. The summed E-state index contributed by atoms with van der Waals surface area (Å²) in [6.07, 6.45) is 2.78. The molecule has 1 rings (SSSR count). The number of rotatable bonds is 6. The zero-order valence-electron chi connectivity index (χ0n) is 7.00. The van der Waals surface area contributed by atoms with Gasteiger partial charge in [-0.3, -0.25) is 0 Å². The molecule has 0 aliphatic heterocycles. The van der Waals surface area contributed by atoms with Crippen LogP contribution in [0.2, 0.25) is 0 Å². The van der Waals surface area contributed by atoms with Gasteiger partial charge in [0, 0.05) is 17.7 Å². The maximum atomic E-state index is 9.60. The second kappa shape index (κ2) is 4.56. The Morgan fingerprint density at radius 3 is 2.92 bits per heavy atom. The largest absolute Gasteiger partial charge is 0.394 e. The molecule has 4 heteroatoms. The van der Waals surface area contributed by atoms with E-state index in [1.807, 2.05) is 0 Å². The number of halogens is 1. The molecule has 0 amide bonds. The quantitative estimate of drug-likeness (QED) is 0.534. The first-order valence-electron chi connectivity index (χ1n) is 4.26. The third-order valence-electron chi connectivity index (χ3n) is 2.15. The van der Waals surface area contributed by atoms with Gasteiger partial charge < -0.3 is 14.9 Å². The average molecular weight is 239 g/mol. The summed E-state index contributed by atoms with van der Waals surface area (Å²) in [5.41, 5.74) is 0. The molecule has 0 radical (unpaired) electrons. The van der Waals surface area contributed by atoms with Gasteiger partial charge in [-0.2, -0.15) is 0 Å². The lowest BCUT2D eigenvalue weighted by Gasteiger charge is -2.10. The van der Waals surface area contributed by atoms with E-state index in [4.69, 9.17) is 9.84 Å². The van der Waals surface area contributed by atoms with E-state index in [1.165, 1.54) is 0 Å². The Bertz CT molecular complexity index is 142.